The van der Waals surface area contributed by atoms with Crippen molar-refractivity contribution in [2.45, 2.75) is 52.5 Å². The highest BCUT2D eigenvalue weighted by molar-refractivity contribution is 7.84. The summed E-state index contributed by atoms with van der Waals surface area (Å²) in [4.78, 5) is 12.4. The number of amides is 1. The number of nitrogens with two attached hydrogens (primary N) is 1. The van der Waals surface area contributed by atoms with E-state index in [-0.39, 0.29) is 11.9 Å². The van der Waals surface area contributed by atoms with Crippen LogP contribution in [0.25, 0.3) is 0 Å². The zero-order valence-corrected chi connectivity index (χ0v) is 12.9. The molecule has 0 aliphatic carbocycles. The Morgan fingerprint density at radius 1 is 1.33 bits per heavy atom. The van der Waals surface area contributed by atoms with Crippen LogP contribution in [0.4, 0.5) is 0 Å². The van der Waals surface area contributed by atoms with Crippen LogP contribution >= 0.6 is 0 Å². The molecule has 0 fully saturated rings. The van der Waals surface area contributed by atoms with Crippen molar-refractivity contribution in [1.82, 2.24) is 5.32 Å². The maximum Gasteiger partial charge on any atom is 0.227 e. The molecule has 0 heterocycles. The van der Waals surface area contributed by atoms with Crippen LogP contribution in [0.3, 0.4) is 0 Å². The third-order valence-corrected chi connectivity index (χ3v) is 4.16. The number of carbonyl (C=O) groups is 1. The van der Waals surface area contributed by atoms with Crippen molar-refractivity contribution in [3.63, 3.8) is 0 Å². The highest BCUT2D eigenvalue weighted by Crippen LogP contribution is 2.29. The van der Waals surface area contributed by atoms with Gasteiger partial charge in [0.05, 0.1) is 5.41 Å². The van der Waals surface area contributed by atoms with E-state index in [4.69, 9.17) is 5.73 Å². The van der Waals surface area contributed by atoms with Gasteiger partial charge in [0.2, 0.25) is 5.91 Å². The molecule has 3 N–H and O–H groups in total. The first-order valence-electron chi connectivity index (χ1n) is 6.73. The molecule has 0 aromatic carbocycles. The van der Waals surface area contributed by atoms with Gasteiger partial charge in [0, 0.05) is 35.4 Å². The number of nitrogens with one attached hydrogen (secondary N) is 1. The summed E-state index contributed by atoms with van der Waals surface area (Å²) in [5.41, 5.74) is 5.39. The molecule has 0 aliphatic rings. The van der Waals surface area contributed by atoms with E-state index in [0.29, 0.717) is 12.3 Å². The van der Waals surface area contributed by atoms with E-state index in [1.807, 2.05) is 6.92 Å². The molecule has 1 amide bonds. The van der Waals surface area contributed by atoms with Crippen molar-refractivity contribution in [2.24, 2.45) is 11.1 Å². The molecule has 0 saturated heterocycles. The number of hydrogen-bond acceptors (Lipinski definition) is 3. The Morgan fingerprint density at radius 2 is 1.83 bits per heavy atom. The average molecular weight is 276 g/mol. The Bertz CT molecular complexity index is 276. The van der Waals surface area contributed by atoms with Gasteiger partial charge in [-0.3, -0.25) is 9.00 Å². The predicted molar refractivity (Wildman–Crippen MR) is 77.8 cm³/mol. The molecular formula is C13H28N2O2S. The SMILES string of the molecule is CCCC(CN)(CCC)C(=O)NC(C)CS(C)=O. The minimum atomic E-state index is -0.894. The lowest BCUT2D eigenvalue weighted by Gasteiger charge is -2.32. The first kappa shape index (κ1) is 17.6. The first-order valence-corrected chi connectivity index (χ1v) is 8.45. The highest BCUT2D eigenvalue weighted by atomic mass is 32.2. The molecule has 5 heteroatoms. The quantitative estimate of drug-likeness (QED) is 0.669. The fourth-order valence-electron chi connectivity index (χ4n) is 2.38. The molecule has 4 nitrogen and oxygen atoms in total. The van der Waals surface area contributed by atoms with Crippen LogP contribution in [0.15, 0.2) is 0 Å². The van der Waals surface area contributed by atoms with Gasteiger partial charge in [0.1, 0.15) is 0 Å². The Morgan fingerprint density at radius 3 is 2.17 bits per heavy atom. The van der Waals surface area contributed by atoms with Gasteiger partial charge in [0.15, 0.2) is 0 Å². The largest absolute Gasteiger partial charge is 0.352 e. The Balaban J connectivity index is 4.68. The van der Waals surface area contributed by atoms with E-state index in [0.717, 1.165) is 25.7 Å². The van der Waals surface area contributed by atoms with Gasteiger partial charge in [-0.15, -0.1) is 0 Å². The second-order valence-corrected chi connectivity index (χ2v) is 6.58. The average Bonchev–Trinajstić information content (AvgIpc) is 2.27. The third-order valence-electron chi connectivity index (χ3n) is 3.19. The van der Waals surface area contributed by atoms with Crippen LogP contribution in [0.1, 0.15) is 46.5 Å². The minimum Gasteiger partial charge on any atom is -0.352 e. The first-order chi connectivity index (χ1) is 8.41. The Labute approximate surface area is 114 Å². The molecule has 0 spiro atoms. The predicted octanol–water partition coefficient (Wildman–Crippen LogP) is 1.41. The molecule has 108 valence electrons. The molecule has 0 rings (SSSR count). The maximum absolute atomic E-state index is 12.4. The molecule has 0 aliphatic heterocycles. The molecule has 0 radical (unpaired) electrons. The summed E-state index contributed by atoms with van der Waals surface area (Å²) in [5, 5.41) is 2.96. The molecule has 2 unspecified atom stereocenters. The zero-order valence-electron chi connectivity index (χ0n) is 12.1. The normalized spacial score (nSPS) is 15.2. The number of hydrogen-bond donors (Lipinski definition) is 2. The number of rotatable bonds is 9. The zero-order chi connectivity index (χ0) is 14.2. The summed E-state index contributed by atoms with van der Waals surface area (Å²) in [7, 11) is -0.894. The van der Waals surface area contributed by atoms with Crippen molar-refractivity contribution in [3.05, 3.63) is 0 Å². The fourth-order valence-corrected chi connectivity index (χ4v) is 3.16. The topological polar surface area (TPSA) is 72.2 Å². The monoisotopic (exact) mass is 276 g/mol. The minimum absolute atomic E-state index is 0.0200. The summed E-state index contributed by atoms with van der Waals surface area (Å²) in [6.45, 7) is 6.40. The van der Waals surface area contributed by atoms with Crippen molar-refractivity contribution < 1.29 is 9.00 Å². The van der Waals surface area contributed by atoms with Crippen LogP contribution in [0.2, 0.25) is 0 Å². The van der Waals surface area contributed by atoms with Crippen LogP contribution < -0.4 is 11.1 Å². The van der Waals surface area contributed by atoms with Crippen LogP contribution in [0, 0.1) is 5.41 Å². The van der Waals surface area contributed by atoms with E-state index in [2.05, 4.69) is 19.2 Å². The maximum atomic E-state index is 12.4. The third kappa shape index (κ3) is 5.48. The van der Waals surface area contributed by atoms with Gasteiger partial charge in [-0.25, -0.2) is 0 Å². The molecule has 0 bridgehead atoms. The fraction of sp³-hybridized carbons (Fsp3) is 0.923. The van der Waals surface area contributed by atoms with Gasteiger partial charge >= 0.3 is 0 Å². The summed E-state index contributed by atoms with van der Waals surface area (Å²) < 4.78 is 11.1. The van der Waals surface area contributed by atoms with Crippen LogP contribution in [-0.4, -0.2) is 34.7 Å². The van der Waals surface area contributed by atoms with Gasteiger partial charge < -0.3 is 11.1 Å². The summed E-state index contributed by atoms with van der Waals surface area (Å²) in [6.07, 6.45) is 5.16. The molecule has 18 heavy (non-hydrogen) atoms. The molecule has 2 atom stereocenters. The van der Waals surface area contributed by atoms with Crippen molar-refractivity contribution >= 4 is 16.7 Å². The van der Waals surface area contributed by atoms with Gasteiger partial charge in [-0.05, 0) is 19.8 Å². The Kier molecular flexibility index (Phi) is 8.44. The molecule has 0 aromatic heterocycles. The molecular weight excluding hydrogens is 248 g/mol. The second kappa shape index (κ2) is 8.64. The van der Waals surface area contributed by atoms with Crippen LogP contribution in [-0.2, 0) is 15.6 Å². The lowest BCUT2D eigenvalue weighted by atomic mass is 9.78. The second-order valence-electron chi connectivity index (χ2n) is 5.10. The van der Waals surface area contributed by atoms with E-state index >= 15 is 0 Å². The summed E-state index contributed by atoms with van der Waals surface area (Å²) in [5.74, 6) is 0.511. The summed E-state index contributed by atoms with van der Waals surface area (Å²) in [6, 6.07) is -0.0667. The van der Waals surface area contributed by atoms with Crippen molar-refractivity contribution in [3.8, 4) is 0 Å². The lowest BCUT2D eigenvalue weighted by molar-refractivity contribution is -0.132. The van der Waals surface area contributed by atoms with Gasteiger partial charge in [-0.1, -0.05) is 26.7 Å². The van der Waals surface area contributed by atoms with Gasteiger partial charge in [-0.2, -0.15) is 0 Å². The lowest BCUT2D eigenvalue weighted by Crippen LogP contribution is -2.49. The van der Waals surface area contributed by atoms with Crippen molar-refractivity contribution in [2.75, 3.05) is 18.6 Å². The number of carbonyl (C=O) groups excluding carboxylic acids is 1. The highest BCUT2D eigenvalue weighted by Gasteiger charge is 2.35. The molecule has 0 saturated carbocycles. The summed E-state index contributed by atoms with van der Waals surface area (Å²) >= 11 is 0. The van der Waals surface area contributed by atoms with E-state index in [9.17, 15) is 9.00 Å². The Hall–Kier alpha value is -0.420. The van der Waals surface area contributed by atoms with Crippen LogP contribution in [0.5, 0.6) is 0 Å². The standard InChI is InChI=1S/C13H28N2O2S/c1-5-7-13(10-14,8-6-2)12(16)15-11(3)9-18(4)17/h11H,5-10,14H2,1-4H3,(H,15,16). The van der Waals surface area contributed by atoms with Gasteiger partial charge in [0.25, 0.3) is 0 Å². The van der Waals surface area contributed by atoms with Crippen molar-refractivity contribution in [1.29, 1.82) is 0 Å². The molecule has 0 aromatic rings. The van der Waals surface area contributed by atoms with E-state index in [1.54, 1.807) is 6.26 Å². The van der Waals surface area contributed by atoms with E-state index in [1.165, 1.54) is 0 Å². The smallest absolute Gasteiger partial charge is 0.227 e. The van der Waals surface area contributed by atoms with E-state index < -0.39 is 16.2 Å².